The number of aromatic nitrogens is 1. The fourth-order valence-corrected chi connectivity index (χ4v) is 6.37. The summed E-state index contributed by atoms with van der Waals surface area (Å²) in [4.78, 5) is 30.1. The number of thiophene rings is 1. The van der Waals surface area contributed by atoms with Crippen LogP contribution in [0.3, 0.4) is 0 Å². The molecular weight excluding hydrogens is 506 g/mol. The van der Waals surface area contributed by atoms with Crippen LogP contribution in [-0.4, -0.2) is 63.6 Å². The molecule has 1 atom stereocenters. The normalized spacial score (nSPS) is 16.1. The van der Waals surface area contributed by atoms with Crippen LogP contribution >= 0.6 is 22.9 Å². The van der Waals surface area contributed by atoms with Crippen LogP contribution in [0.15, 0.2) is 60.7 Å². The Bertz CT molecular complexity index is 1440. The molecule has 0 aliphatic carbocycles. The number of likely N-dealkylation sites (tertiary alicyclic amines) is 1. The highest BCUT2D eigenvalue weighted by atomic mass is 35.5. The minimum Gasteiger partial charge on any atom is -0.477 e. The summed E-state index contributed by atoms with van der Waals surface area (Å²) in [5.74, 6) is -0.964. The summed E-state index contributed by atoms with van der Waals surface area (Å²) in [6.45, 7) is 6.32. The SMILES string of the molecule is CC(C)N1CCC(N(C)C(=O)Cn2c(-c3ccc(Cl)cc3)c(-c3ccccc3)c3sc(C(=O)O)cc32)C1. The lowest BCUT2D eigenvalue weighted by Gasteiger charge is -2.27. The van der Waals surface area contributed by atoms with Crippen molar-refractivity contribution in [3.63, 3.8) is 0 Å². The molecule has 0 bridgehead atoms. The Morgan fingerprint density at radius 2 is 1.81 bits per heavy atom. The number of aromatic carboxylic acids is 1. The first-order valence-corrected chi connectivity index (χ1v) is 13.6. The van der Waals surface area contributed by atoms with Crippen molar-refractivity contribution in [2.24, 2.45) is 0 Å². The fraction of sp³-hybridized carbons (Fsp3) is 0.310. The monoisotopic (exact) mass is 535 g/mol. The average Bonchev–Trinajstić information content (AvgIpc) is 3.60. The molecule has 4 aromatic rings. The number of rotatable bonds is 7. The van der Waals surface area contributed by atoms with E-state index < -0.39 is 5.97 Å². The summed E-state index contributed by atoms with van der Waals surface area (Å²) in [6, 6.07) is 19.8. The van der Waals surface area contributed by atoms with Crippen molar-refractivity contribution in [2.45, 2.75) is 38.9 Å². The number of halogens is 1. The molecule has 8 heteroatoms. The lowest BCUT2D eigenvalue weighted by atomic mass is 10.0. The molecule has 2 aromatic carbocycles. The van der Waals surface area contributed by atoms with Crippen LogP contribution in [0.4, 0.5) is 0 Å². The van der Waals surface area contributed by atoms with E-state index in [9.17, 15) is 14.7 Å². The summed E-state index contributed by atoms with van der Waals surface area (Å²) in [7, 11) is 1.88. The molecule has 2 aromatic heterocycles. The topological polar surface area (TPSA) is 65.8 Å². The van der Waals surface area contributed by atoms with Crippen molar-refractivity contribution in [1.29, 1.82) is 0 Å². The molecule has 1 fully saturated rings. The third kappa shape index (κ3) is 4.91. The summed E-state index contributed by atoms with van der Waals surface area (Å²) >= 11 is 7.45. The smallest absolute Gasteiger partial charge is 0.345 e. The van der Waals surface area contributed by atoms with E-state index >= 15 is 0 Å². The van der Waals surface area contributed by atoms with Gasteiger partial charge in [0.2, 0.25) is 5.91 Å². The van der Waals surface area contributed by atoms with Gasteiger partial charge in [0.15, 0.2) is 0 Å². The maximum atomic E-state index is 13.7. The van der Waals surface area contributed by atoms with E-state index in [0.29, 0.717) is 11.1 Å². The van der Waals surface area contributed by atoms with Crippen molar-refractivity contribution in [3.8, 4) is 22.4 Å². The number of carbonyl (C=O) groups excluding carboxylic acids is 1. The van der Waals surface area contributed by atoms with Gasteiger partial charge >= 0.3 is 5.97 Å². The Morgan fingerprint density at radius 3 is 2.43 bits per heavy atom. The number of carboxylic acids is 1. The number of carboxylic acid groups (broad SMARTS) is 1. The number of hydrogen-bond acceptors (Lipinski definition) is 4. The minimum atomic E-state index is -0.969. The van der Waals surface area contributed by atoms with E-state index in [1.54, 1.807) is 6.07 Å². The second-order valence-corrected chi connectivity index (χ2v) is 11.3. The van der Waals surface area contributed by atoms with Gasteiger partial charge < -0.3 is 14.6 Å². The molecule has 0 saturated carbocycles. The van der Waals surface area contributed by atoms with Crippen LogP contribution in [0.25, 0.3) is 32.6 Å². The standard InChI is InChI=1S/C29H30ClN3O3S/c1-18(2)32-14-13-22(16-32)31(3)25(34)17-33-23-15-24(29(35)36)37-28(23)26(19-7-5-4-6-8-19)27(33)20-9-11-21(30)12-10-20/h4-12,15,18,22H,13-14,16-17H2,1-3H3,(H,35,36). The maximum absolute atomic E-state index is 13.7. The number of carbonyl (C=O) groups is 2. The van der Waals surface area contributed by atoms with Crippen LogP contribution in [0.1, 0.15) is 29.9 Å². The Kier molecular flexibility index (Phi) is 7.12. The summed E-state index contributed by atoms with van der Waals surface area (Å²) in [5, 5.41) is 10.4. The summed E-state index contributed by atoms with van der Waals surface area (Å²) in [6.07, 6.45) is 0.947. The number of amides is 1. The quantitative estimate of drug-likeness (QED) is 0.300. The van der Waals surface area contributed by atoms with Crippen LogP contribution < -0.4 is 0 Å². The summed E-state index contributed by atoms with van der Waals surface area (Å²) < 4.78 is 2.84. The number of hydrogen-bond donors (Lipinski definition) is 1. The van der Waals surface area contributed by atoms with Gasteiger partial charge in [0, 0.05) is 42.8 Å². The molecule has 1 amide bonds. The highest BCUT2D eigenvalue weighted by molar-refractivity contribution is 7.21. The predicted molar refractivity (Wildman–Crippen MR) is 151 cm³/mol. The molecular formula is C29H30ClN3O3S. The van der Waals surface area contributed by atoms with Crippen LogP contribution in [0, 0.1) is 0 Å². The number of fused-ring (bicyclic) bond motifs is 1. The highest BCUT2D eigenvalue weighted by Gasteiger charge is 2.31. The fourth-order valence-electron chi connectivity index (χ4n) is 5.18. The molecule has 37 heavy (non-hydrogen) atoms. The second kappa shape index (κ2) is 10.3. The van der Waals surface area contributed by atoms with Crippen LogP contribution in [0.2, 0.25) is 5.02 Å². The Morgan fingerprint density at radius 1 is 1.11 bits per heavy atom. The molecule has 1 unspecified atom stereocenters. The zero-order valence-electron chi connectivity index (χ0n) is 21.1. The van der Waals surface area contributed by atoms with E-state index in [0.717, 1.165) is 52.1 Å². The lowest BCUT2D eigenvalue weighted by molar-refractivity contribution is -0.132. The zero-order valence-corrected chi connectivity index (χ0v) is 22.7. The molecule has 1 aliphatic heterocycles. The second-order valence-electron chi connectivity index (χ2n) is 9.85. The van der Waals surface area contributed by atoms with E-state index in [-0.39, 0.29) is 23.4 Å². The number of benzene rings is 2. The molecule has 1 saturated heterocycles. The van der Waals surface area contributed by atoms with Gasteiger partial charge in [-0.1, -0.05) is 54.1 Å². The van der Waals surface area contributed by atoms with Crippen LogP contribution in [-0.2, 0) is 11.3 Å². The Labute approximate surface area is 225 Å². The first-order chi connectivity index (χ1) is 17.7. The van der Waals surface area contributed by atoms with Crippen molar-refractivity contribution in [2.75, 3.05) is 20.1 Å². The molecule has 5 rings (SSSR count). The number of nitrogens with zero attached hydrogens (tertiary/aromatic N) is 3. The van der Waals surface area contributed by atoms with E-state index in [1.165, 1.54) is 11.3 Å². The van der Waals surface area contributed by atoms with Gasteiger partial charge in [0.1, 0.15) is 11.4 Å². The Hall–Kier alpha value is -3.13. The van der Waals surface area contributed by atoms with Gasteiger partial charge in [0.05, 0.1) is 15.9 Å². The lowest BCUT2D eigenvalue weighted by Crippen LogP contribution is -2.41. The van der Waals surface area contributed by atoms with Crippen molar-refractivity contribution in [1.82, 2.24) is 14.4 Å². The van der Waals surface area contributed by atoms with Gasteiger partial charge in [-0.25, -0.2) is 4.79 Å². The van der Waals surface area contributed by atoms with Gasteiger partial charge in [-0.05, 0) is 49.6 Å². The maximum Gasteiger partial charge on any atom is 0.345 e. The number of likely N-dealkylation sites (N-methyl/N-ethyl adjacent to an activating group) is 1. The van der Waals surface area contributed by atoms with E-state index in [2.05, 4.69) is 18.7 Å². The third-order valence-corrected chi connectivity index (χ3v) is 8.67. The molecule has 1 aliphatic rings. The minimum absolute atomic E-state index is 0.00501. The first kappa shape index (κ1) is 25.5. The first-order valence-electron chi connectivity index (χ1n) is 12.4. The van der Waals surface area contributed by atoms with E-state index in [4.69, 9.17) is 11.6 Å². The largest absolute Gasteiger partial charge is 0.477 e. The molecule has 0 radical (unpaired) electrons. The van der Waals surface area contributed by atoms with Crippen molar-refractivity contribution < 1.29 is 14.7 Å². The predicted octanol–water partition coefficient (Wildman–Crippen LogP) is 6.33. The van der Waals surface area contributed by atoms with Gasteiger partial charge in [-0.2, -0.15) is 0 Å². The summed E-state index contributed by atoms with van der Waals surface area (Å²) in [5.41, 5.74) is 4.46. The van der Waals surface area contributed by atoms with Crippen molar-refractivity contribution in [3.05, 3.63) is 70.6 Å². The molecule has 6 nitrogen and oxygen atoms in total. The van der Waals surface area contributed by atoms with Crippen molar-refractivity contribution >= 4 is 45.0 Å². The third-order valence-electron chi connectivity index (χ3n) is 7.29. The van der Waals surface area contributed by atoms with Gasteiger partial charge in [-0.3, -0.25) is 9.69 Å². The molecule has 192 valence electrons. The average molecular weight is 536 g/mol. The van der Waals surface area contributed by atoms with Gasteiger partial charge in [0.25, 0.3) is 0 Å². The Balaban J connectivity index is 1.64. The van der Waals surface area contributed by atoms with E-state index in [1.807, 2.05) is 71.1 Å². The molecule has 0 spiro atoms. The molecule has 1 N–H and O–H groups in total. The van der Waals surface area contributed by atoms with Gasteiger partial charge in [-0.15, -0.1) is 11.3 Å². The zero-order chi connectivity index (χ0) is 26.3. The highest BCUT2D eigenvalue weighted by Crippen LogP contribution is 2.45. The van der Waals surface area contributed by atoms with Crippen LogP contribution in [0.5, 0.6) is 0 Å². The molecule has 3 heterocycles.